The van der Waals surface area contributed by atoms with Crippen LogP contribution in [0.4, 0.5) is 14.5 Å². The van der Waals surface area contributed by atoms with Crippen molar-refractivity contribution in [1.82, 2.24) is 5.32 Å². The van der Waals surface area contributed by atoms with E-state index in [0.29, 0.717) is 11.1 Å². The largest absolute Gasteiger partial charge is 0.348 e. The summed E-state index contributed by atoms with van der Waals surface area (Å²) in [6.07, 6.45) is 0. The number of aryl methyl sites for hydroxylation is 1. The van der Waals surface area contributed by atoms with Gasteiger partial charge in [0.15, 0.2) is 0 Å². The lowest BCUT2D eigenvalue weighted by molar-refractivity contribution is 0.0950. The monoisotopic (exact) mass is 464 g/mol. The van der Waals surface area contributed by atoms with Crippen LogP contribution in [0.15, 0.2) is 65.6 Å². The normalized spacial score (nSPS) is 11.3. The van der Waals surface area contributed by atoms with E-state index < -0.39 is 21.7 Å². The van der Waals surface area contributed by atoms with Crippen LogP contribution in [0.3, 0.4) is 0 Å². The number of hydrogen-bond acceptors (Lipinski definition) is 3. The molecular weight excluding hydrogens is 446 g/mol. The Morgan fingerprint density at radius 1 is 1.03 bits per heavy atom. The molecule has 9 heteroatoms. The van der Waals surface area contributed by atoms with Gasteiger partial charge in [-0.3, -0.25) is 9.10 Å². The van der Waals surface area contributed by atoms with Crippen LogP contribution < -0.4 is 9.62 Å². The summed E-state index contributed by atoms with van der Waals surface area (Å²) in [6, 6.07) is 13.3. The zero-order valence-corrected chi connectivity index (χ0v) is 18.3. The van der Waals surface area contributed by atoms with Gasteiger partial charge >= 0.3 is 0 Å². The van der Waals surface area contributed by atoms with Gasteiger partial charge in [0.25, 0.3) is 15.9 Å². The molecular formula is C22H19ClF2N2O3S. The number of carbonyl (C=O) groups is 1. The van der Waals surface area contributed by atoms with E-state index in [1.54, 1.807) is 19.1 Å². The van der Waals surface area contributed by atoms with E-state index in [2.05, 4.69) is 5.32 Å². The van der Waals surface area contributed by atoms with Crippen LogP contribution in [0, 0.1) is 18.6 Å². The molecule has 0 saturated carbocycles. The number of nitrogens with zero attached hydrogens (tertiary/aromatic N) is 1. The molecule has 0 bridgehead atoms. The fourth-order valence-corrected chi connectivity index (χ4v) is 4.24. The van der Waals surface area contributed by atoms with E-state index in [0.717, 1.165) is 16.4 Å². The van der Waals surface area contributed by atoms with E-state index in [9.17, 15) is 22.0 Å². The Hall–Kier alpha value is -2.97. The number of sulfonamides is 1. The van der Waals surface area contributed by atoms with Crippen molar-refractivity contribution in [3.63, 3.8) is 0 Å². The molecule has 0 atom stereocenters. The van der Waals surface area contributed by atoms with Crippen LogP contribution in [0.2, 0.25) is 5.02 Å². The van der Waals surface area contributed by atoms with E-state index in [-0.39, 0.29) is 33.5 Å². The van der Waals surface area contributed by atoms with Crippen LogP contribution in [-0.4, -0.2) is 21.4 Å². The molecule has 3 aromatic rings. The minimum atomic E-state index is -4.03. The van der Waals surface area contributed by atoms with E-state index >= 15 is 0 Å². The third-order valence-electron chi connectivity index (χ3n) is 4.72. The summed E-state index contributed by atoms with van der Waals surface area (Å²) >= 11 is 6.11. The molecule has 3 rings (SSSR count). The van der Waals surface area contributed by atoms with Gasteiger partial charge in [0, 0.05) is 13.6 Å². The Labute approximate surface area is 184 Å². The standard InChI is InChI=1S/C22H19ClF2N2O3S/c1-14-3-4-15(11-21(14)25)13-26-22(28)19-12-18(9-10-20(19)23)31(29,30)27(2)17-7-5-16(24)6-8-17/h3-12H,13H2,1-2H3,(H,26,28). The predicted molar refractivity (Wildman–Crippen MR) is 116 cm³/mol. The van der Waals surface area contributed by atoms with Crippen molar-refractivity contribution in [2.24, 2.45) is 0 Å². The molecule has 0 aliphatic carbocycles. The number of carbonyl (C=O) groups excluding carboxylic acids is 1. The van der Waals surface area contributed by atoms with Crippen molar-refractivity contribution in [1.29, 1.82) is 0 Å². The summed E-state index contributed by atoms with van der Waals surface area (Å²) in [5.74, 6) is -1.48. The quantitative estimate of drug-likeness (QED) is 0.576. The summed E-state index contributed by atoms with van der Waals surface area (Å²) in [4.78, 5) is 12.5. The Balaban J connectivity index is 1.83. The van der Waals surface area contributed by atoms with Gasteiger partial charge in [-0.05, 0) is 66.6 Å². The molecule has 3 aromatic carbocycles. The van der Waals surface area contributed by atoms with Gasteiger partial charge < -0.3 is 5.32 Å². The maximum absolute atomic E-state index is 13.7. The van der Waals surface area contributed by atoms with Crippen molar-refractivity contribution in [2.75, 3.05) is 11.4 Å². The lowest BCUT2D eigenvalue weighted by atomic mass is 10.1. The smallest absolute Gasteiger partial charge is 0.264 e. The van der Waals surface area contributed by atoms with Gasteiger partial charge in [0.2, 0.25) is 0 Å². The fraction of sp³-hybridized carbons (Fsp3) is 0.136. The molecule has 162 valence electrons. The maximum atomic E-state index is 13.7. The third kappa shape index (κ3) is 5.03. The average molecular weight is 465 g/mol. The van der Waals surface area contributed by atoms with Gasteiger partial charge in [-0.25, -0.2) is 17.2 Å². The molecule has 0 aromatic heterocycles. The Morgan fingerprint density at radius 2 is 1.71 bits per heavy atom. The van der Waals surface area contributed by atoms with Gasteiger partial charge in [0.05, 0.1) is 21.2 Å². The minimum Gasteiger partial charge on any atom is -0.348 e. The van der Waals surface area contributed by atoms with Crippen LogP contribution in [0.25, 0.3) is 0 Å². The second-order valence-corrected chi connectivity index (χ2v) is 9.23. The first kappa shape index (κ1) is 22.7. The highest BCUT2D eigenvalue weighted by Crippen LogP contribution is 2.26. The Morgan fingerprint density at radius 3 is 2.35 bits per heavy atom. The SMILES string of the molecule is Cc1ccc(CNC(=O)c2cc(S(=O)(=O)N(C)c3ccc(F)cc3)ccc2Cl)cc1F. The number of nitrogens with one attached hydrogen (secondary N) is 1. The van der Waals surface area contributed by atoms with Crippen molar-refractivity contribution in [2.45, 2.75) is 18.4 Å². The van der Waals surface area contributed by atoms with Crippen molar-refractivity contribution >= 4 is 33.2 Å². The maximum Gasteiger partial charge on any atom is 0.264 e. The molecule has 31 heavy (non-hydrogen) atoms. The number of hydrogen-bond donors (Lipinski definition) is 1. The molecule has 1 N–H and O–H groups in total. The fourth-order valence-electron chi connectivity index (χ4n) is 2.81. The van der Waals surface area contributed by atoms with Gasteiger partial charge in [-0.1, -0.05) is 23.7 Å². The first-order valence-electron chi connectivity index (χ1n) is 9.17. The summed E-state index contributed by atoms with van der Waals surface area (Å²) < 4.78 is 53.7. The first-order chi connectivity index (χ1) is 14.6. The first-order valence-corrected chi connectivity index (χ1v) is 11.0. The molecule has 0 fully saturated rings. The number of amides is 1. The number of rotatable bonds is 6. The topological polar surface area (TPSA) is 66.5 Å². The molecule has 0 aliphatic heterocycles. The van der Waals surface area contributed by atoms with E-state index in [4.69, 9.17) is 11.6 Å². The summed E-state index contributed by atoms with van der Waals surface area (Å²) in [6.45, 7) is 1.67. The zero-order chi connectivity index (χ0) is 22.8. The Bertz CT molecular complexity index is 1230. The second-order valence-electron chi connectivity index (χ2n) is 6.86. The Kier molecular flexibility index (Phi) is 6.62. The predicted octanol–water partition coefficient (Wildman–Crippen LogP) is 4.68. The number of halogens is 3. The summed E-state index contributed by atoms with van der Waals surface area (Å²) in [7, 11) is -2.71. The minimum absolute atomic E-state index is 0.0390. The highest BCUT2D eigenvalue weighted by atomic mass is 35.5. The lowest BCUT2D eigenvalue weighted by Crippen LogP contribution is -2.27. The summed E-state index contributed by atoms with van der Waals surface area (Å²) in [5, 5.41) is 2.67. The molecule has 0 aliphatic rings. The van der Waals surface area contributed by atoms with Crippen LogP contribution in [0.5, 0.6) is 0 Å². The third-order valence-corrected chi connectivity index (χ3v) is 6.83. The molecule has 1 amide bonds. The van der Waals surface area contributed by atoms with Crippen LogP contribution in [0.1, 0.15) is 21.5 Å². The molecule has 5 nitrogen and oxygen atoms in total. The molecule has 0 heterocycles. The molecule has 0 spiro atoms. The molecule has 0 radical (unpaired) electrons. The van der Waals surface area contributed by atoms with Gasteiger partial charge in [-0.2, -0.15) is 0 Å². The molecule has 0 unspecified atom stereocenters. The van der Waals surface area contributed by atoms with Crippen molar-refractivity contribution < 1.29 is 22.0 Å². The summed E-state index contributed by atoms with van der Waals surface area (Å²) in [5.41, 5.74) is 1.25. The lowest BCUT2D eigenvalue weighted by Gasteiger charge is -2.20. The zero-order valence-electron chi connectivity index (χ0n) is 16.7. The van der Waals surface area contributed by atoms with E-state index in [1.807, 2.05) is 0 Å². The van der Waals surface area contributed by atoms with Gasteiger partial charge in [0.1, 0.15) is 11.6 Å². The highest BCUT2D eigenvalue weighted by Gasteiger charge is 2.24. The second kappa shape index (κ2) is 9.03. The number of anilines is 1. The number of benzene rings is 3. The van der Waals surface area contributed by atoms with Crippen LogP contribution in [-0.2, 0) is 16.6 Å². The van der Waals surface area contributed by atoms with Crippen LogP contribution >= 0.6 is 11.6 Å². The highest BCUT2D eigenvalue weighted by molar-refractivity contribution is 7.92. The molecule has 0 saturated heterocycles. The van der Waals surface area contributed by atoms with Crippen molar-refractivity contribution in [3.8, 4) is 0 Å². The van der Waals surface area contributed by atoms with Crippen molar-refractivity contribution in [3.05, 3.63) is 94.0 Å². The van der Waals surface area contributed by atoms with E-state index in [1.165, 1.54) is 43.4 Å². The average Bonchev–Trinajstić information content (AvgIpc) is 2.74. The van der Waals surface area contributed by atoms with Gasteiger partial charge in [-0.15, -0.1) is 0 Å².